The number of esters is 1. The lowest BCUT2D eigenvalue weighted by atomic mass is 10.1. The molecule has 0 amide bonds. The zero-order valence-electron chi connectivity index (χ0n) is 10.1. The summed E-state index contributed by atoms with van der Waals surface area (Å²) in [5.74, 6) is -0.450. The Bertz CT molecular complexity index is 558. The van der Waals surface area contributed by atoms with Crippen molar-refractivity contribution in [3.05, 3.63) is 42.4 Å². The molecule has 0 aliphatic heterocycles. The summed E-state index contributed by atoms with van der Waals surface area (Å²) < 4.78 is 4.63. The highest BCUT2D eigenvalue weighted by atomic mass is 32.2. The van der Waals surface area contributed by atoms with Crippen LogP contribution in [0.5, 0.6) is 0 Å². The summed E-state index contributed by atoms with van der Waals surface area (Å²) in [7, 11) is 1.32. The molecule has 0 N–H and O–H groups in total. The lowest BCUT2D eigenvalue weighted by molar-refractivity contribution is 0.0586. The smallest absolute Gasteiger partial charge is 0.376 e. The van der Waals surface area contributed by atoms with E-state index < -0.39 is 5.97 Å². The molecular weight excluding hydrogens is 248 g/mol. The highest BCUT2D eigenvalue weighted by Crippen LogP contribution is 2.27. The normalized spacial score (nSPS) is 10.1. The Labute approximate surface area is 109 Å². The molecule has 5 heteroatoms. The largest absolute Gasteiger partial charge is 0.463 e. The molecule has 92 valence electrons. The first kappa shape index (κ1) is 12.6. The summed E-state index contributed by atoms with van der Waals surface area (Å²) in [6, 6.07) is 9.69. The molecular formula is C13H12N2O2S. The second-order valence-electron chi connectivity index (χ2n) is 3.47. The Kier molecular flexibility index (Phi) is 3.94. The fraction of sp³-hybridized carbons (Fsp3) is 0.154. The van der Waals surface area contributed by atoms with E-state index in [-0.39, 0.29) is 5.82 Å². The van der Waals surface area contributed by atoms with E-state index in [0.29, 0.717) is 0 Å². The van der Waals surface area contributed by atoms with E-state index in [1.54, 1.807) is 18.0 Å². The van der Waals surface area contributed by atoms with Crippen molar-refractivity contribution in [1.29, 1.82) is 0 Å². The Balaban J connectivity index is 2.53. The third kappa shape index (κ3) is 2.51. The van der Waals surface area contributed by atoms with Gasteiger partial charge in [-0.3, -0.25) is 0 Å². The van der Waals surface area contributed by atoms with Gasteiger partial charge in [0.25, 0.3) is 0 Å². The van der Waals surface area contributed by atoms with Crippen molar-refractivity contribution in [3.63, 3.8) is 0 Å². The molecule has 1 heterocycles. The second-order valence-corrected chi connectivity index (χ2v) is 4.32. The molecule has 0 unspecified atom stereocenters. The SMILES string of the molecule is COC(=O)c1ncc(SC)c(-c2ccccc2)n1. The van der Waals surface area contributed by atoms with Crippen molar-refractivity contribution >= 4 is 17.7 Å². The van der Waals surface area contributed by atoms with Crippen LogP contribution < -0.4 is 0 Å². The molecule has 0 atom stereocenters. The molecule has 0 bridgehead atoms. The van der Waals surface area contributed by atoms with Gasteiger partial charge in [-0.2, -0.15) is 0 Å². The molecule has 0 saturated carbocycles. The summed E-state index contributed by atoms with van der Waals surface area (Å²) in [5, 5.41) is 0. The van der Waals surface area contributed by atoms with Crippen molar-refractivity contribution in [2.45, 2.75) is 4.90 Å². The molecule has 2 aromatic rings. The van der Waals surface area contributed by atoms with E-state index in [0.717, 1.165) is 16.2 Å². The molecule has 2 rings (SSSR count). The number of ether oxygens (including phenoxy) is 1. The fourth-order valence-electron chi connectivity index (χ4n) is 1.51. The van der Waals surface area contributed by atoms with Crippen LogP contribution in [0.25, 0.3) is 11.3 Å². The van der Waals surface area contributed by atoms with Gasteiger partial charge in [-0.05, 0) is 6.26 Å². The average molecular weight is 260 g/mol. The van der Waals surface area contributed by atoms with Crippen LogP contribution >= 0.6 is 11.8 Å². The van der Waals surface area contributed by atoms with Crippen molar-refractivity contribution in [3.8, 4) is 11.3 Å². The number of hydrogen-bond donors (Lipinski definition) is 0. The molecule has 18 heavy (non-hydrogen) atoms. The van der Waals surface area contributed by atoms with E-state index in [4.69, 9.17) is 0 Å². The predicted molar refractivity (Wildman–Crippen MR) is 70.6 cm³/mol. The van der Waals surface area contributed by atoms with Gasteiger partial charge < -0.3 is 4.74 Å². The fourth-order valence-corrected chi connectivity index (χ4v) is 2.03. The number of benzene rings is 1. The number of carbonyl (C=O) groups is 1. The first-order valence-corrected chi connectivity index (χ1v) is 6.53. The van der Waals surface area contributed by atoms with Gasteiger partial charge in [0.15, 0.2) is 0 Å². The first-order chi connectivity index (χ1) is 8.76. The van der Waals surface area contributed by atoms with Gasteiger partial charge in [-0.15, -0.1) is 11.8 Å². The third-order valence-corrected chi connectivity index (χ3v) is 3.13. The predicted octanol–water partition coefficient (Wildman–Crippen LogP) is 2.65. The standard InChI is InChI=1S/C13H12N2O2S/c1-17-13(16)12-14-8-10(18-2)11(15-12)9-6-4-3-5-7-9/h3-8H,1-2H3. The minimum Gasteiger partial charge on any atom is -0.463 e. The zero-order valence-corrected chi connectivity index (χ0v) is 10.9. The molecule has 1 aromatic carbocycles. The summed E-state index contributed by atoms with van der Waals surface area (Å²) in [4.78, 5) is 20.6. The minimum absolute atomic E-state index is 0.0779. The van der Waals surface area contributed by atoms with Crippen LogP contribution in [0.15, 0.2) is 41.4 Å². The Morgan fingerprint density at radius 1 is 1.28 bits per heavy atom. The van der Waals surface area contributed by atoms with E-state index >= 15 is 0 Å². The Morgan fingerprint density at radius 3 is 2.61 bits per heavy atom. The highest BCUT2D eigenvalue weighted by molar-refractivity contribution is 7.98. The van der Waals surface area contributed by atoms with Crippen LogP contribution in [0.4, 0.5) is 0 Å². The molecule has 0 aliphatic carbocycles. The van der Waals surface area contributed by atoms with Gasteiger partial charge >= 0.3 is 5.97 Å². The number of carbonyl (C=O) groups excluding carboxylic acids is 1. The Morgan fingerprint density at radius 2 is 2.00 bits per heavy atom. The van der Waals surface area contributed by atoms with Crippen molar-refractivity contribution in [2.75, 3.05) is 13.4 Å². The molecule has 4 nitrogen and oxygen atoms in total. The van der Waals surface area contributed by atoms with Crippen LogP contribution in [0.3, 0.4) is 0 Å². The number of nitrogens with zero attached hydrogens (tertiary/aromatic N) is 2. The number of aromatic nitrogens is 2. The lowest BCUT2D eigenvalue weighted by Crippen LogP contribution is -2.08. The molecule has 1 aromatic heterocycles. The summed E-state index contributed by atoms with van der Waals surface area (Å²) in [5.41, 5.74) is 1.70. The van der Waals surface area contributed by atoms with Crippen LogP contribution in [0, 0.1) is 0 Å². The van der Waals surface area contributed by atoms with Gasteiger partial charge in [0, 0.05) is 11.8 Å². The highest BCUT2D eigenvalue weighted by Gasteiger charge is 2.14. The number of thioether (sulfide) groups is 1. The maximum atomic E-state index is 11.4. The van der Waals surface area contributed by atoms with Crippen molar-refractivity contribution in [2.24, 2.45) is 0 Å². The number of hydrogen-bond acceptors (Lipinski definition) is 5. The number of rotatable bonds is 3. The summed E-state index contributed by atoms with van der Waals surface area (Å²) in [6.45, 7) is 0. The quantitative estimate of drug-likeness (QED) is 0.627. The van der Waals surface area contributed by atoms with Gasteiger partial charge in [0.05, 0.1) is 17.7 Å². The van der Waals surface area contributed by atoms with E-state index in [1.807, 2.05) is 36.6 Å². The molecule has 0 aliphatic rings. The first-order valence-electron chi connectivity index (χ1n) is 5.31. The topological polar surface area (TPSA) is 52.1 Å². The molecule has 0 fully saturated rings. The van der Waals surface area contributed by atoms with E-state index in [2.05, 4.69) is 14.7 Å². The van der Waals surface area contributed by atoms with Crippen molar-refractivity contribution < 1.29 is 9.53 Å². The van der Waals surface area contributed by atoms with Gasteiger partial charge in [0.2, 0.25) is 5.82 Å². The zero-order chi connectivity index (χ0) is 13.0. The maximum absolute atomic E-state index is 11.4. The Hall–Kier alpha value is -1.88. The molecule has 0 spiro atoms. The number of methoxy groups -OCH3 is 1. The minimum atomic E-state index is -0.528. The van der Waals surface area contributed by atoms with Gasteiger partial charge in [-0.1, -0.05) is 30.3 Å². The van der Waals surface area contributed by atoms with Gasteiger partial charge in [0.1, 0.15) is 0 Å². The second kappa shape index (κ2) is 5.64. The third-order valence-electron chi connectivity index (χ3n) is 2.39. The van der Waals surface area contributed by atoms with Crippen LogP contribution in [-0.4, -0.2) is 29.3 Å². The van der Waals surface area contributed by atoms with Crippen molar-refractivity contribution in [1.82, 2.24) is 9.97 Å². The van der Waals surface area contributed by atoms with Crippen LogP contribution in [0.2, 0.25) is 0 Å². The summed E-state index contributed by atoms with van der Waals surface area (Å²) >= 11 is 1.54. The van der Waals surface area contributed by atoms with Crippen LogP contribution in [-0.2, 0) is 4.74 Å². The monoisotopic (exact) mass is 260 g/mol. The van der Waals surface area contributed by atoms with E-state index in [1.165, 1.54) is 7.11 Å². The van der Waals surface area contributed by atoms with Gasteiger partial charge in [-0.25, -0.2) is 14.8 Å². The molecule has 0 saturated heterocycles. The average Bonchev–Trinajstić information content (AvgIpc) is 2.46. The summed E-state index contributed by atoms with van der Waals surface area (Å²) in [6.07, 6.45) is 3.59. The maximum Gasteiger partial charge on any atom is 0.376 e. The van der Waals surface area contributed by atoms with Crippen LogP contribution in [0.1, 0.15) is 10.6 Å². The van der Waals surface area contributed by atoms with E-state index in [9.17, 15) is 4.79 Å². The lowest BCUT2D eigenvalue weighted by Gasteiger charge is -2.07. The molecule has 0 radical (unpaired) electrons.